The van der Waals surface area contributed by atoms with Gasteiger partial charge in [-0.15, -0.1) is 0 Å². The predicted molar refractivity (Wildman–Crippen MR) is 131 cm³/mol. The third-order valence-corrected chi connectivity index (χ3v) is 5.65. The maximum Gasteiger partial charge on any atom is 0.119 e. The maximum absolute atomic E-state index is 9.94. The third-order valence-electron chi connectivity index (χ3n) is 5.65. The van der Waals surface area contributed by atoms with Crippen LogP contribution >= 0.6 is 0 Å². The van der Waals surface area contributed by atoms with Gasteiger partial charge in [0, 0.05) is 19.6 Å². The summed E-state index contributed by atoms with van der Waals surface area (Å²) in [4.78, 5) is 1.59. The van der Waals surface area contributed by atoms with Gasteiger partial charge in [0.25, 0.3) is 0 Å². The van der Waals surface area contributed by atoms with E-state index in [1.165, 1.54) is 5.56 Å². The van der Waals surface area contributed by atoms with Gasteiger partial charge < -0.3 is 56.1 Å². The lowest BCUT2D eigenvalue weighted by molar-refractivity contribution is -0.0551. The molecular weight excluding hydrogens is 476 g/mol. The molecule has 0 amide bonds. The zero-order valence-electron chi connectivity index (χ0n) is 20.7. The van der Waals surface area contributed by atoms with Crippen molar-refractivity contribution >= 4 is 0 Å². The molecule has 0 spiro atoms. The van der Waals surface area contributed by atoms with E-state index in [0.29, 0.717) is 25.4 Å². The van der Waals surface area contributed by atoms with Crippen LogP contribution in [0.4, 0.5) is 0 Å². The molecule has 10 N–H and O–H groups in total. The molecule has 0 saturated carbocycles. The van der Waals surface area contributed by atoms with E-state index < -0.39 is 43.7 Å². The Bertz CT molecular complexity index is 647. The van der Waals surface area contributed by atoms with Crippen LogP contribution in [0.3, 0.4) is 0 Å². The Morgan fingerprint density at radius 3 is 1.83 bits per heavy atom. The van der Waals surface area contributed by atoms with Gasteiger partial charge in [-0.3, -0.25) is 4.90 Å². The van der Waals surface area contributed by atoms with E-state index in [9.17, 15) is 20.4 Å². The maximum atomic E-state index is 9.94. The second-order valence-electron chi connectivity index (χ2n) is 8.75. The molecule has 2 rings (SSSR count). The van der Waals surface area contributed by atoms with E-state index in [0.717, 1.165) is 19.3 Å². The van der Waals surface area contributed by atoms with Crippen LogP contribution in [0, 0.1) is 0 Å². The van der Waals surface area contributed by atoms with Crippen LogP contribution in [0.5, 0.6) is 5.75 Å². The number of epoxide rings is 1. The van der Waals surface area contributed by atoms with Crippen LogP contribution in [0.2, 0.25) is 0 Å². The monoisotopic (exact) mass is 520 g/mol. The molecule has 1 aliphatic rings. The summed E-state index contributed by atoms with van der Waals surface area (Å²) in [6.07, 6.45) is -2.84. The summed E-state index contributed by atoms with van der Waals surface area (Å²) < 4.78 is 10.4. The molecule has 0 aromatic heterocycles. The fourth-order valence-electron chi connectivity index (χ4n) is 3.19. The van der Waals surface area contributed by atoms with Gasteiger partial charge in [-0.05, 0) is 43.5 Å². The van der Waals surface area contributed by atoms with Crippen LogP contribution in [0.25, 0.3) is 0 Å². The summed E-state index contributed by atoms with van der Waals surface area (Å²) in [7, 11) is 0. The molecule has 1 fully saturated rings. The van der Waals surface area contributed by atoms with Gasteiger partial charge in [0.15, 0.2) is 0 Å². The average Bonchev–Trinajstić information content (AvgIpc) is 3.74. The van der Waals surface area contributed by atoms with E-state index in [4.69, 9.17) is 30.9 Å². The number of nitrogens with zero attached hydrogens (tertiary/aromatic N) is 1. The van der Waals surface area contributed by atoms with Gasteiger partial charge in [0.2, 0.25) is 0 Å². The summed E-state index contributed by atoms with van der Waals surface area (Å²) >= 11 is 0. The Kier molecular flexibility index (Phi) is 17.0. The first kappa shape index (κ1) is 32.6. The molecule has 12 nitrogen and oxygen atoms in total. The largest absolute Gasteiger partial charge is 0.492 e. The van der Waals surface area contributed by atoms with Crippen LogP contribution < -0.4 is 10.5 Å². The molecule has 12 heteroatoms. The highest BCUT2D eigenvalue weighted by atomic mass is 16.6. The molecule has 0 bridgehead atoms. The number of rotatable bonds is 18. The lowest BCUT2D eigenvalue weighted by Gasteiger charge is -2.29. The topological polar surface area (TPSA) is 213 Å². The summed E-state index contributed by atoms with van der Waals surface area (Å²) in [5, 5.41) is 73.7. The van der Waals surface area contributed by atoms with Gasteiger partial charge in [-0.25, -0.2) is 0 Å². The molecule has 6 atom stereocenters. The lowest BCUT2D eigenvalue weighted by Crippen LogP contribution is -2.47. The Hall–Kier alpha value is -1.42. The Balaban J connectivity index is 0.000000789. The van der Waals surface area contributed by atoms with Crippen molar-refractivity contribution in [3.05, 3.63) is 29.8 Å². The van der Waals surface area contributed by atoms with E-state index in [1.54, 1.807) is 4.90 Å². The number of aliphatic hydroxyl groups excluding tert-OH is 8. The number of nitrogens with two attached hydrogens (primary N) is 1. The smallest absolute Gasteiger partial charge is 0.119 e. The van der Waals surface area contributed by atoms with Crippen LogP contribution in [-0.4, -0.2) is 142 Å². The number of hydrogen-bond acceptors (Lipinski definition) is 12. The first-order valence-corrected chi connectivity index (χ1v) is 12.2. The molecule has 1 aromatic rings. The second kappa shape index (κ2) is 18.8. The molecule has 36 heavy (non-hydrogen) atoms. The van der Waals surface area contributed by atoms with Crippen molar-refractivity contribution in [2.24, 2.45) is 5.73 Å². The van der Waals surface area contributed by atoms with Gasteiger partial charge in [0.05, 0.1) is 38.6 Å². The van der Waals surface area contributed by atoms with Crippen molar-refractivity contribution in [3.63, 3.8) is 0 Å². The molecule has 0 radical (unpaired) electrons. The summed E-state index contributed by atoms with van der Waals surface area (Å²) in [5.41, 5.74) is 6.70. The first-order chi connectivity index (χ1) is 17.2. The van der Waals surface area contributed by atoms with Crippen molar-refractivity contribution in [3.8, 4) is 5.75 Å². The molecule has 0 aliphatic carbocycles. The number of aryl methyl sites for hydroxylation is 1. The number of aliphatic hydroxyl groups is 8. The van der Waals surface area contributed by atoms with E-state index in [2.05, 4.69) is 4.74 Å². The van der Waals surface area contributed by atoms with Crippen molar-refractivity contribution in [2.45, 2.75) is 55.9 Å². The fraction of sp³-hybridized carbons (Fsp3) is 0.750. The third kappa shape index (κ3) is 13.8. The standard InChI is InChI=1S/C20H36N2O7.C4H8O3/c21-8-2-1-3-15-4-6-16(7-5-15)29-10-9-22(11-17(25)19(27)13-23)12-18(26)20(28)14-24;5-1-3(6)4-2-7-4/h4-7,17-20,23-28H,1-3,8-14,21H2;3-6H,1-2H2/t17-,18-,19+,20+;3-,4+/m01/s1. The minimum Gasteiger partial charge on any atom is -0.492 e. The van der Waals surface area contributed by atoms with Crippen LogP contribution in [0.1, 0.15) is 18.4 Å². The van der Waals surface area contributed by atoms with Crippen LogP contribution in [0.15, 0.2) is 24.3 Å². The zero-order chi connectivity index (χ0) is 26.9. The number of hydrogen-bond donors (Lipinski definition) is 9. The van der Waals surface area contributed by atoms with E-state index in [-0.39, 0.29) is 32.4 Å². The summed E-state index contributed by atoms with van der Waals surface area (Å²) in [6.45, 7) is 0.369. The Labute approximate surface area is 212 Å². The van der Waals surface area contributed by atoms with Gasteiger partial charge in [-0.2, -0.15) is 0 Å². The highest BCUT2D eigenvalue weighted by Crippen LogP contribution is 2.14. The van der Waals surface area contributed by atoms with E-state index in [1.807, 2.05) is 24.3 Å². The summed E-state index contributed by atoms with van der Waals surface area (Å²) in [6, 6.07) is 7.73. The average molecular weight is 521 g/mol. The number of ether oxygens (including phenoxy) is 2. The highest BCUT2D eigenvalue weighted by Gasteiger charge is 2.30. The van der Waals surface area contributed by atoms with E-state index >= 15 is 0 Å². The number of unbranched alkanes of at least 4 members (excludes halogenated alkanes) is 1. The van der Waals surface area contributed by atoms with Crippen LogP contribution in [-0.2, 0) is 11.2 Å². The van der Waals surface area contributed by atoms with Crippen molar-refractivity contribution in [1.82, 2.24) is 4.90 Å². The van der Waals surface area contributed by atoms with Crippen molar-refractivity contribution < 1.29 is 50.3 Å². The minimum atomic E-state index is -1.31. The second-order valence-corrected chi connectivity index (χ2v) is 8.75. The molecule has 1 aromatic carbocycles. The first-order valence-electron chi connectivity index (χ1n) is 12.2. The molecule has 0 unspecified atom stereocenters. The minimum absolute atomic E-state index is 0.0413. The van der Waals surface area contributed by atoms with Crippen molar-refractivity contribution in [1.29, 1.82) is 0 Å². The Morgan fingerprint density at radius 2 is 1.42 bits per heavy atom. The van der Waals surface area contributed by atoms with Gasteiger partial charge in [0.1, 0.15) is 36.8 Å². The normalized spacial score (nSPS) is 19.1. The molecule has 1 heterocycles. The molecule has 1 aliphatic heterocycles. The molecular formula is C24H44N2O10. The predicted octanol–water partition coefficient (Wildman–Crippen LogP) is -3.18. The highest BCUT2D eigenvalue weighted by molar-refractivity contribution is 5.27. The SMILES string of the molecule is NCCCCc1ccc(OCCN(C[C@H](O)[C@H](O)CO)C[C@H](O)[C@H](O)CO)cc1.OC[C@@H](O)[C@@H]1CO1. The fourth-order valence-corrected chi connectivity index (χ4v) is 3.19. The van der Waals surface area contributed by atoms with Gasteiger partial charge in [-0.1, -0.05) is 12.1 Å². The summed E-state index contributed by atoms with van der Waals surface area (Å²) in [5.74, 6) is 0.680. The van der Waals surface area contributed by atoms with Gasteiger partial charge >= 0.3 is 0 Å². The molecule has 210 valence electrons. The van der Waals surface area contributed by atoms with Crippen molar-refractivity contribution in [2.75, 3.05) is 59.2 Å². The zero-order valence-corrected chi connectivity index (χ0v) is 20.7. The quantitative estimate of drug-likeness (QED) is 0.0692. The number of benzene rings is 1. The lowest BCUT2D eigenvalue weighted by atomic mass is 10.1. The molecule has 1 saturated heterocycles. The Morgan fingerprint density at radius 1 is 0.861 bits per heavy atom.